The van der Waals surface area contributed by atoms with Crippen molar-refractivity contribution in [2.24, 2.45) is 5.92 Å². The van der Waals surface area contributed by atoms with E-state index in [1.165, 1.54) is 0 Å². The Kier molecular flexibility index (Phi) is 5.82. The van der Waals surface area contributed by atoms with E-state index in [-0.39, 0.29) is 0 Å². The third-order valence-electron chi connectivity index (χ3n) is 2.00. The summed E-state index contributed by atoms with van der Waals surface area (Å²) in [7, 11) is 0. The van der Waals surface area contributed by atoms with Gasteiger partial charge in [0, 0.05) is 17.7 Å². The molecule has 0 aromatic heterocycles. The van der Waals surface area contributed by atoms with Crippen molar-refractivity contribution >= 4 is 11.6 Å². The molecule has 0 atom stereocenters. The molecule has 4 heteroatoms. The van der Waals surface area contributed by atoms with E-state index in [0.717, 1.165) is 0 Å². The number of nitrogens with zero attached hydrogens (tertiary/aromatic N) is 1. The SMILES string of the molecule is CC(C)COCCOc1cc(Cl)ccc1C#N. The molecule has 1 aromatic carbocycles. The van der Waals surface area contributed by atoms with E-state index in [9.17, 15) is 0 Å². The van der Waals surface area contributed by atoms with Gasteiger partial charge in [0.2, 0.25) is 0 Å². The molecule has 0 amide bonds. The number of halogens is 1. The summed E-state index contributed by atoms with van der Waals surface area (Å²) in [4.78, 5) is 0. The van der Waals surface area contributed by atoms with Crippen LogP contribution >= 0.6 is 11.6 Å². The highest BCUT2D eigenvalue weighted by atomic mass is 35.5. The smallest absolute Gasteiger partial charge is 0.138 e. The molecule has 0 fully saturated rings. The predicted molar refractivity (Wildman–Crippen MR) is 67.3 cm³/mol. The first-order chi connectivity index (χ1) is 8.13. The molecule has 0 saturated carbocycles. The second-order valence-electron chi connectivity index (χ2n) is 4.07. The van der Waals surface area contributed by atoms with Crippen LogP contribution in [0, 0.1) is 17.2 Å². The first kappa shape index (κ1) is 13.8. The zero-order valence-corrected chi connectivity index (χ0v) is 10.8. The predicted octanol–water partition coefficient (Wildman–Crippen LogP) is 3.26. The third kappa shape index (κ3) is 5.08. The van der Waals surface area contributed by atoms with E-state index >= 15 is 0 Å². The van der Waals surface area contributed by atoms with Gasteiger partial charge in [-0.25, -0.2) is 0 Å². The summed E-state index contributed by atoms with van der Waals surface area (Å²) in [6.07, 6.45) is 0. The van der Waals surface area contributed by atoms with E-state index in [2.05, 4.69) is 19.9 Å². The second-order valence-corrected chi connectivity index (χ2v) is 4.51. The molecule has 0 aliphatic heterocycles. The zero-order chi connectivity index (χ0) is 12.7. The minimum atomic E-state index is 0.418. The highest BCUT2D eigenvalue weighted by Gasteiger charge is 2.04. The van der Waals surface area contributed by atoms with E-state index in [0.29, 0.717) is 42.1 Å². The number of benzene rings is 1. The maximum Gasteiger partial charge on any atom is 0.138 e. The van der Waals surface area contributed by atoms with Crippen molar-refractivity contribution < 1.29 is 9.47 Å². The Balaban J connectivity index is 2.41. The first-order valence-corrected chi connectivity index (χ1v) is 5.91. The topological polar surface area (TPSA) is 42.2 Å². The summed E-state index contributed by atoms with van der Waals surface area (Å²) in [5, 5.41) is 9.44. The molecule has 1 rings (SSSR count). The monoisotopic (exact) mass is 253 g/mol. The Morgan fingerprint density at radius 2 is 2.12 bits per heavy atom. The van der Waals surface area contributed by atoms with Crippen LogP contribution in [-0.4, -0.2) is 19.8 Å². The summed E-state index contributed by atoms with van der Waals surface area (Å²) >= 11 is 5.83. The van der Waals surface area contributed by atoms with Crippen molar-refractivity contribution in [3.63, 3.8) is 0 Å². The fourth-order valence-corrected chi connectivity index (χ4v) is 1.40. The van der Waals surface area contributed by atoms with Crippen LogP contribution in [0.15, 0.2) is 18.2 Å². The van der Waals surface area contributed by atoms with E-state index in [4.69, 9.17) is 26.3 Å². The highest BCUT2D eigenvalue weighted by molar-refractivity contribution is 6.30. The number of hydrogen-bond acceptors (Lipinski definition) is 3. The number of nitriles is 1. The lowest BCUT2D eigenvalue weighted by Crippen LogP contribution is -2.10. The Morgan fingerprint density at radius 3 is 2.76 bits per heavy atom. The fourth-order valence-electron chi connectivity index (χ4n) is 1.24. The first-order valence-electron chi connectivity index (χ1n) is 5.53. The number of rotatable bonds is 6. The number of ether oxygens (including phenoxy) is 2. The molecule has 3 nitrogen and oxygen atoms in total. The lowest BCUT2D eigenvalue weighted by Gasteiger charge is -2.09. The molecule has 0 saturated heterocycles. The van der Waals surface area contributed by atoms with Crippen molar-refractivity contribution in [3.05, 3.63) is 28.8 Å². The minimum Gasteiger partial charge on any atom is -0.490 e. The van der Waals surface area contributed by atoms with Crippen LogP contribution in [0.2, 0.25) is 5.02 Å². The van der Waals surface area contributed by atoms with Gasteiger partial charge in [-0.2, -0.15) is 5.26 Å². The standard InChI is InChI=1S/C13H16ClNO2/c1-10(2)9-16-5-6-17-13-7-12(14)4-3-11(13)8-15/h3-4,7,10H,5-6,9H2,1-2H3. The molecule has 0 N–H and O–H groups in total. The highest BCUT2D eigenvalue weighted by Crippen LogP contribution is 2.22. The lowest BCUT2D eigenvalue weighted by atomic mass is 10.2. The van der Waals surface area contributed by atoms with E-state index in [1.54, 1.807) is 18.2 Å². The van der Waals surface area contributed by atoms with Gasteiger partial charge in [-0.3, -0.25) is 0 Å². The fraction of sp³-hybridized carbons (Fsp3) is 0.462. The zero-order valence-electron chi connectivity index (χ0n) is 10.1. The molecule has 0 aliphatic rings. The Labute approximate surface area is 107 Å². The molecule has 0 radical (unpaired) electrons. The lowest BCUT2D eigenvalue weighted by molar-refractivity contribution is 0.0818. The van der Waals surface area contributed by atoms with Crippen LogP contribution in [0.3, 0.4) is 0 Å². The molecule has 1 aromatic rings. The molecule has 0 spiro atoms. The average Bonchev–Trinajstić information content (AvgIpc) is 2.28. The normalized spacial score (nSPS) is 10.3. The van der Waals surface area contributed by atoms with Gasteiger partial charge in [0.15, 0.2) is 0 Å². The van der Waals surface area contributed by atoms with Gasteiger partial charge >= 0.3 is 0 Å². The van der Waals surface area contributed by atoms with Crippen LogP contribution < -0.4 is 4.74 Å². The van der Waals surface area contributed by atoms with Gasteiger partial charge in [-0.05, 0) is 18.1 Å². The molecular weight excluding hydrogens is 238 g/mol. The molecule has 0 aliphatic carbocycles. The molecule has 17 heavy (non-hydrogen) atoms. The van der Waals surface area contributed by atoms with Crippen molar-refractivity contribution in [1.29, 1.82) is 5.26 Å². The van der Waals surface area contributed by atoms with Crippen LogP contribution in [0.4, 0.5) is 0 Å². The summed E-state index contributed by atoms with van der Waals surface area (Å²) in [5.41, 5.74) is 0.484. The molecular formula is C13H16ClNO2. The van der Waals surface area contributed by atoms with Gasteiger partial charge in [0.1, 0.15) is 18.4 Å². The molecule has 0 bridgehead atoms. The van der Waals surface area contributed by atoms with Gasteiger partial charge in [-0.1, -0.05) is 25.4 Å². The van der Waals surface area contributed by atoms with E-state index < -0.39 is 0 Å². The minimum absolute atomic E-state index is 0.418. The Hall–Kier alpha value is -1.24. The Morgan fingerprint density at radius 1 is 1.35 bits per heavy atom. The van der Waals surface area contributed by atoms with Crippen LogP contribution in [0.5, 0.6) is 5.75 Å². The van der Waals surface area contributed by atoms with Crippen molar-refractivity contribution in [2.75, 3.05) is 19.8 Å². The quantitative estimate of drug-likeness (QED) is 0.731. The summed E-state index contributed by atoms with van der Waals surface area (Å²) in [6, 6.07) is 7.01. The summed E-state index contributed by atoms with van der Waals surface area (Å²) in [5.74, 6) is 1.02. The average molecular weight is 254 g/mol. The summed E-state index contributed by atoms with van der Waals surface area (Å²) < 4.78 is 10.8. The van der Waals surface area contributed by atoms with Crippen molar-refractivity contribution in [3.8, 4) is 11.8 Å². The van der Waals surface area contributed by atoms with Gasteiger partial charge in [0.25, 0.3) is 0 Å². The van der Waals surface area contributed by atoms with Crippen molar-refractivity contribution in [2.45, 2.75) is 13.8 Å². The molecule has 0 unspecified atom stereocenters. The largest absolute Gasteiger partial charge is 0.490 e. The maximum absolute atomic E-state index is 8.88. The second kappa shape index (κ2) is 7.16. The maximum atomic E-state index is 8.88. The Bertz CT molecular complexity index is 399. The molecule has 92 valence electrons. The van der Waals surface area contributed by atoms with Crippen LogP contribution in [0.25, 0.3) is 0 Å². The van der Waals surface area contributed by atoms with Gasteiger partial charge in [-0.15, -0.1) is 0 Å². The summed E-state index contributed by atoms with van der Waals surface area (Å²) in [6.45, 7) is 5.82. The van der Waals surface area contributed by atoms with E-state index in [1.807, 2.05) is 0 Å². The third-order valence-corrected chi connectivity index (χ3v) is 2.24. The van der Waals surface area contributed by atoms with Crippen LogP contribution in [-0.2, 0) is 4.74 Å². The molecule has 0 heterocycles. The van der Waals surface area contributed by atoms with Gasteiger partial charge in [0.05, 0.1) is 12.2 Å². The van der Waals surface area contributed by atoms with Gasteiger partial charge < -0.3 is 9.47 Å². The van der Waals surface area contributed by atoms with Crippen molar-refractivity contribution in [1.82, 2.24) is 0 Å². The number of hydrogen-bond donors (Lipinski definition) is 0. The van der Waals surface area contributed by atoms with Crippen LogP contribution in [0.1, 0.15) is 19.4 Å².